The van der Waals surface area contributed by atoms with Gasteiger partial charge in [0, 0.05) is 31.4 Å². The van der Waals surface area contributed by atoms with Gasteiger partial charge in [-0.3, -0.25) is 4.99 Å². The van der Waals surface area contributed by atoms with Gasteiger partial charge in [-0.05, 0) is 37.5 Å². The third-order valence-corrected chi connectivity index (χ3v) is 5.08. The normalized spacial score (nSPS) is 10.9. The van der Waals surface area contributed by atoms with Crippen molar-refractivity contribution in [3.63, 3.8) is 0 Å². The van der Waals surface area contributed by atoms with Crippen molar-refractivity contribution in [1.82, 2.24) is 15.6 Å². The van der Waals surface area contributed by atoms with Gasteiger partial charge in [-0.15, -0.1) is 35.3 Å². The molecule has 8 heteroatoms. The lowest BCUT2D eigenvalue weighted by molar-refractivity contribution is 0.354. The fourth-order valence-electron chi connectivity index (χ4n) is 2.61. The summed E-state index contributed by atoms with van der Waals surface area (Å²) in [7, 11) is 3.30. The molecule has 28 heavy (non-hydrogen) atoms. The molecule has 0 unspecified atom stereocenters. The summed E-state index contributed by atoms with van der Waals surface area (Å²) in [5.74, 6) is 2.34. The Morgan fingerprint density at radius 1 is 1.11 bits per heavy atom. The first-order chi connectivity index (χ1) is 13.2. The Bertz CT molecular complexity index is 737. The first-order valence-electron chi connectivity index (χ1n) is 9.36. The Hall–Kier alpha value is -1.55. The molecule has 0 saturated carbocycles. The molecule has 0 radical (unpaired) electrons. The smallest absolute Gasteiger partial charge is 0.191 e. The summed E-state index contributed by atoms with van der Waals surface area (Å²) >= 11 is 1.73. The minimum atomic E-state index is 0. The van der Waals surface area contributed by atoms with Crippen molar-refractivity contribution < 1.29 is 9.47 Å². The number of halogens is 1. The van der Waals surface area contributed by atoms with Crippen molar-refractivity contribution in [3.8, 4) is 11.5 Å². The van der Waals surface area contributed by atoms with Crippen molar-refractivity contribution in [2.75, 3.05) is 33.9 Å². The second kappa shape index (κ2) is 13.6. The van der Waals surface area contributed by atoms with E-state index in [9.17, 15) is 0 Å². The molecule has 0 amide bonds. The van der Waals surface area contributed by atoms with Gasteiger partial charge >= 0.3 is 0 Å². The summed E-state index contributed by atoms with van der Waals surface area (Å²) in [6.07, 6.45) is 2.73. The van der Waals surface area contributed by atoms with Crippen LogP contribution in [0.2, 0.25) is 0 Å². The average Bonchev–Trinajstić information content (AvgIpc) is 3.15. The van der Waals surface area contributed by atoms with Gasteiger partial charge in [-0.2, -0.15) is 0 Å². The number of aliphatic imine (C=N–C) groups is 1. The first kappa shape index (κ1) is 24.5. The molecule has 2 rings (SSSR count). The number of hydrogen-bond donors (Lipinski definition) is 2. The van der Waals surface area contributed by atoms with E-state index in [1.54, 1.807) is 25.6 Å². The lowest BCUT2D eigenvalue weighted by atomic mass is 10.1. The summed E-state index contributed by atoms with van der Waals surface area (Å²) < 4.78 is 10.6. The third-order valence-electron chi connectivity index (χ3n) is 4.04. The number of nitrogens with zero attached hydrogens (tertiary/aromatic N) is 2. The fourth-order valence-corrected chi connectivity index (χ4v) is 3.39. The van der Waals surface area contributed by atoms with Crippen LogP contribution in [0.15, 0.2) is 28.6 Å². The number of benzene rings is 1. The van der Waals surface area contributed by atoms with Gasteiger partial charge in [0.05, 0.1) is 24.9 Å². The molecular weight excluding hydrogens is 487 g/mol. The Morgan fingerprint density at radius 2 is 1.89 bits per heavy atom. The second-order valence-electron chi connectivity index (χ2n) is 5.96. The maximum atomic E-state index is 5.36. The standard InChI is InChI=1S/C20H30N4O2S.HI/c1-5-19-24-16(14-27-19)10-12-23-20(21-6-2)22-11-9-15-7-8-17(25-3)18(13-15)26-4;/h7-8,13-14H,5-6,9-12H2,1-4H3,(H2,21,22,23);1H. The summed E-state index contributed by atoms with van der Waals surface area (Å²) in [5.41, 5.74) is 2.31. The molecule has 0 spiro atoms. The van der Waals surface area contributed by atoms with Gasteiger partial charge in [0.1, 0.15) is 0 Å². The average molecular weight is 518 g/mol. The van der Waals surface area contributed by atoms with E-state index in [1.807, 2.05) is 12.1 Å². The van der Waals surface area contributed by atoms with E-state index in [4.69, 9.17) is 9.47 Å². The summed E-state index contributed by atoms with van der Waals surface area (Å²) in [4.78, 5) is 9.24. The van der Waals surface area contributed by atoms with Gasteiger partial charge in [0.2, 0.25) is 0 Å². The zero-order chi connectivity index (χ0) is 19.5. The predicted molar refractivity (Wildman–Crippen MR) is 128 cm³/mol. The number of hydrogen-bond acceptors (Lipinski definition) is 5. The summed E-state index contributed by atoms with van der Waals surface area (Å²) in [6, 6.07) is 6.00. The van der Waals surface area contributed by atoms with Crippen LogP contribution in [0.3, 0.4) is 0 Å². The van der Waals surface area contributed by atoms with Crippen LogP contribution in [0.25, 0.3) is 0 Å². The molecule has 2 aromatic rings. The Kier molecular flexibility index (Phi) is 11.9. The molecular formula is C20H31IN4O2S. The van der Waals surface area contributed by atoms with E-state index in [2.05, 4.69) is 45.9 Å². The molecule has 1 heterocycles. The number of aryl methyl sites for hydroxylation is 1. The van der Waals surface area contributed by atoms with E-state index in [0.29, 0.717) is 0 Å². The number of thiazole rings is 1. The SMILES string of the molecule is CCNC(=NCCc1csc(CC)n1)NCCc1ccc(OC)c(OC)c1.I. The van der Waals surface area contributed by atoms with Crippen LogP contribution in [0.4, 0.5) is 0 Å². The molecule has 0 atom stereocenters. The molecule has 1 aromatic carbocycles. The maximum absolute atomic E-state index is 5.36. The molecule has 1 aromatic heterocycles. The highest BCUT2D eigenvalue weighted by atomic mass is 127. The summed E-state index contributed by atoms with van der Waals surface area (Å²) in [6.45, 7) is 6.54. The van der Waals surface area contributed by atoms with Crippen molar-refractivity contribution >= 4 is 41.3 Å². The first-order valence-corrected chi connectivity index (χ1v) is 10.2. The van der Waals surface area contributed by atoms with E-state index in [0.717, 1.165) is 62.0 Å². The third kappa shape index (κ3) is 7.83. The maximum Gasteiger partial charge on any atom is 0.191 e. The number of guanidine groups is 1. The molecule has 2 N–H and O–H groups in total. The van der Waals surface area contributed by atoms with Gasteiger partial charge in [0.25, 0.3) is 0 Å². The highest BCUT2D eigenvalue weighted by Crippen LogP contribution is 2.27. The number of methoxy groups -OCH3 is 2. The second-order valence-corrected chi connectivity index (χ2v) is 6.91. The van der Waals surface area contributed by atoms with E-state index in [-0.39, 0.29) is 24.0 Å². The Morgan fingerprint density at radius 3 is 2.54 bits per heavy atom. The topological polar surface area (TPSA) is 67.8 Å². The number of nitrogens with one attached hydrogen (secondary N) is 2. The zero-order valence-electron chi connectivity index (χ0n) is 17.1. The molecule has 6 nitrogen and oxygen atoms in total. The lowest BCUT2D eigenvalue weighted by Crippen LogP contribution is -2.38. The van der Waals surface area contributed by atoms with E-state index >= 15 is 0 Å². The number of rotatable bonds is 10. The minimum Gasteiger partial charge on any atom is -0.493 e. The molecule has 0 aliphatic rings. The van der Waals surface area contributed by atoms with Crippen molar-refractivity contribution in [1.29, 1.82) is 0 Å². The van der Waals surface area contributed by atoms with Crippen molar-refractivity contribution in [2.45, 2.75) is 33.1 Å². The van der Waals surface area contributed by atoms with Crippen LogP contribution in [0.1, 0.15) is 30.1 Å². The van der Waals surface area contributed by atoms with E-state index < -0.39 is 0 Å². The van der Waals surface area contributed by atoms with Crippen LogP contribution in [0, 0.1) is 0 Å². The predicted octanol–water partition coefficient (Wildman–Crippen LogP) is 3.68. The summed E-state index contributed by atoms with van der Waals surface area (Å²) in [5, 5.41) is 10.00. The van der Waals surface area contributed by atoms with Crippen molar-refractivity contribution in [2.24, 2.45) is 4.99 Å². The molecule has 0 saturated heterocycles. The zero-order valence-corrected chi connectivity index (χ0v) is 20.2. The molecule has 0 aliphatic carbocycles. The highest BCUT2D eigenvalue weighted by Gasteiger charge is 2.05. The van der Waals surface area contributed by atoms with Crippen LogP contribution in [0.5, 0.6) is 11.5 Å². The van der Waals surface area contributed by atoms with Gasteiger partial charge in [0.15, 0.2) is 17.5 Å². The molecule has 156 valence electrons. The fraction of sp³-hybridized carbons (Fsp3) is 0.500. The largest absolute Gasteiger partial charge is 0.493 e. The van der Waals surface area contributed by atoms with Crippen LogP contribution in [-0.2, 0) is 19.3 Å². The van der Waals surface area contributed by atoms with E-state index in [1.165, 1.54) is 10.6 Å². The molecule has 0 aliphatic heterocycles. The quantitative estimate of drug-likeness (QED) is 0.286. The highest BCUT2D eigenvalue weighted by molar-refractivity contribution is 14.0. The monoisotopic (exact) mass is 518 g/mol. The minimum absolute atomic E-state index is 0. The lowest BCUT2D eigenvalue weighted by Gasteiger charge is -2.12. The van der Waals surface area contributed by atoms with Gasteiger partial charge in [-0.1, -0.05) is 13.0 Å². The molecule has 0 bridgehead atoms. The van der Waals surface area contributed by atoms with Crippen LogP contribution >= 0.6 is 35.3 Å². The Labute approximate surface area is 189 Å². The van der Waals surface area contributed by atoms with Gasteiger partial charge in [-0.25, -0.2) is 4.98 Å². The van der Waals surface area contributed by atoms with Crippen LogP contribution in [-0.4, -0.2) is 44.8 Å². The van der Waals surface area contributed by atoms with Crippen molar-refractivity contribution in [3.05, 3.63) is 39.8 Å². The number of ether oxygens (including phenoxy) is 2. The van der Waals surface area contributed by atoms with Gasteiger partial charge < -0.3 is 20.1 Å². The molecule has 0 fully saturated rings. The Balaban J connectivity index is 0.00000392. The number of aromatic nitrogens is 1. The van der Waals surface area contributed by atoms with Crippen LogP contribution < -0.4 is 20.1 Å².